The second-order valence-electron chi connectivity index (χ2n) is 9.62. The molecule has 232 valence electrons. The predicted octanol–water partition coefficient (Wildman–Crippen LogP) is 4.69. The molecule has 1 aromatic heterocycles. The van der Waals surface area contributed by atoms with Gasteiger partial charge in [0.25, 0.3) is 11.8 Å². The summed E-state index contributed by atoms with van der Waals surface area (Å²) in [5.41, 5.74) is 0.692. The van der Waals surface area contributed by atoms with Crippen molar-refractivity contribution in [2.75, 3.05) is 24.7 Å². The Morgan fingerprint density at radius 1 is 1.05 bits per heavy atom. The van der Waals surface area contributed by atoms with Crippen LogP contribution < -0.4 is 10.6 Å². The smallest absolute Gasteiger partial charge is 0.412 e. The van der Waals surface area contributed by atoms with Gasteiger partial charge >= 0.3 is 12.1 Å². The predicted molar refractivity (Wildman–Crippen MR) is 159 cm³/mol. The number of hydrogen-bond donors (Lipinski definition) is 2. The SMILES string of the molecule is CS(=O)(=O)N(C(=O)NCc1cccc(F)c1Cl)[C@H](CCCN1C(=O)c2ccccc2C1=O)COC(=O)Nc1ccc(Cl)cn1. The van der Waals surface area contributed by atoms with Gasteiger partial charge in [0.15, 0.2) is 0 Å². The summed E-state index contributed by atoms with van der Waals surface area (Å²) in [6.07, 6.45) is 1.03. The molecule has 2 heterocycles. The Kier molecular flexibility index (Phi) is 10.4. The van der Waals surface area contributed by atoms with E-state index in [-0.39, 0.29) is 53.5 Å². The number of benzene rings is 2. The van der Waals surface area contributed by atoms with E-state index in [1.54, 1.807) is 12.1 Å². The van der Waals surface area contributed by atoms with Crippen molar-refractivity contribution in [3.05, 3.63) is 93.3 Å². The lowest BCUT2D eigenvalue weighted by Gasteiger charge is -2.30. The molecule has 1 aliphatic rings. The van der Waals surface area contributed by atoms with Gasteiger partial charge in [0.1, 0.15) is 18.2 Å². The largest absolute Gasteiger partial charge is 0.447 e. The highest BCUT2D eigenvalue weighted by atomic mass is 35.5. The average Bonchev–Trinajstić information content (AvgIpc) is 3.22. The van der Waals surface area contributed by atoms with Gasteiger partial charge in [0.05, 0.1) is 33.5 Å². The quantitative estimate of drug-likeness (QED) is 0.280. The van der Waals surface area contributed by atoms with E-state index in [0.717, 1.165) is 17.2 Å². The van der Waals surface area contributed by atoms with Gasteiger partial charge in [-0.3, -0.25) is 19.8 Å². The van der Waals surface area contributed by atoms with Crippen molar-refractivity contribution in [2.24, 2.45) is 0 Å². The standard InChI is InChI=1S/C28H26Cl2FN5O7S/c1-44(41,42)36(27(39)33-14-17-6-4-10-22(31)24(17)30)19(16-43-28(40)34-23-12-11-18(29)15-32-23)7-5-13-35-25(37)20-8-2-3-9-21(20)26(35)38/h2-4,6,8-12,15,19H,5,7,13-14,16H2,1H3,(H,33,39)(H,32,34,40)/t19-/m1/s1. The molecule has 0 fully saturated rings. The molecule has 16 heteroatoms. The van der Waals surface area contributed by atoms with Crippen LogP contribution in [0.3, 0.4) is 0 Å². The van der Waals surface area contributed by atoms with Gasteiger partial charge in [-0.15, -0.1) is 0 Å². The number of anilines is 1. The molecule has 1 aliphatic heterocycles. The summed E-state index contributed by atoms with van der Waals surface area (Å²) >= 11 is 11.8. The number of sulfonamides is 1. The van der Waals surface area contributed by atoms with Crippen molar-refractivity contribution in [1.82, 2.24) is 19.5 Å². The number of ether oxygens (including phenoxy) is 1. The summed E-state index contributed by atoms with van der Waals surface area (Å²) in [4.78, 5) is 56.2. The number of pyridine rings is 1. The molecule has 0 spiro atoms. The second kappa shape index (κ2) is 14.0. The molecular weight excluding hydrogens is 640 g/mol. The molecule has 2 N–H and O–H groups in total. The first-order valence-electron chi connectivity index (χ1n) is 13.1. The molecule has 0 bridgehead atoms. The third-order valence-electron chi connectivity index (χ3n) is 6.51. The number of carbonyl (C=O) groups excluding carboxylic acids is 4. The summed E-state index contributed by atoms with van der Waals surface area (Å²) < 4.78 is 45.4. The Morgan fingerprint density at radius 3 is 2.34 bits per heavy atom. The highest BCUT2D eigenvalue weighted by Gasteiger charge is 2.36. The van der Waals surface area contributed by atoms with Crippen molar-refractivity contribution in [3.63, 3.8) is 0 Å². The van der Waals surface area contributed by atoms with E-state index in [2.05, 4.69) is 15.6 Å². The highest BCUT2D eigenvalue weighted by molar-refractivity contribution is 7.88. The first-order chi connectivity index (χ1) is 20.9. The van der Waals surface area contributed by atoms with Gasteiger partial charge in [-0.05, 0) is 48.7 Å². The molecule has 2 aromatic carbocycles. The molecule has 44 heavy (non-hydrogen) atoms. The zero-order valence-corrected chi connectivity index (χ0v) is 25.5. The number of nitrogens with one attached hydrogen (secondary N) is 2. The van der Waals surface area contributed by atoms with Crippen LogP contribution in [-0.2, 0) is 21.3 Å². The molecule has 0 radical (unpaired) electrons. The van der Waals surface area contributed by atoms with Crippen LogP contribution in [0.1, 0.15) is 39.1 Å². The van der Waals surface area contributed by atoms with E-state index >= 15 is 0 Å². The van der Waals surface area contributed by atoms with E-state index in [4.69, 9.17) is 27.9 Å². The molecule has 1 atom stereocenters. The Morgan fingerprint density at radius 2 is 1.73 bits per heavy atom. The maximum atomic E-state index is 13.9. The van der Waals surface area contributed by atoms with Crippen LogP contribution in [0.4, 0.5) is 19.8 Å². The fourth-order valence-electron chi connectivity index (χ4n) is 4.48. The van der Waals surface area contributed by atoms with Crippen LogP contribution in [0.25, 0.3) is 0 Å². The van der Waals surface area contributed by atoms with Crippen molar-refractivity contribution in [3.8, 4) is 0 Å². The van der Waals surface area contributed by atoms with Gasteiger partial charge in [-0.1, -0.05) is 47.5 Å². The maximum absolute atomic E-state index is 13.9. The van der Waals surface area contributed by atoms with Crippen LogP contribution in [0, 0.1) is 5.82 Å². The maximum Gasteiger partial charge on any atom is 0.412 e. The number of hydrogen-bond acceptors (Lipinski definition) is 8. The van der Waals surface area contributed by atoms with Crippen molar-refractivity contribution in [2.45, 2.75) is 25.4 Å². The van der Waals surface area contributed by atoms with Crippen LogP contribution in [0.2, 0.25) is 10.0 Å². The van der Waals surface area contributed by atoms with Gasteiger partial charge in [-0.2, -0.15) is 0 Å². The molecular formula is C28H26Cl2FN5O7S. The Labute approximate surface area is 262 Å². The minimum Gasteiger partial charge on any atom is -0.447 e. The Balaban J connectivity index is 1.50. The van der Waals surface area contributed by atoms with Gasteiger partial charge in [0.2, 0.25) is 10.0 Å². The first-order valence-corrected chi connectivity index (χ1v) is 15.7. The van der Waals surface area contributed by atoms with Crippen molar-refractivity contribution in [1.29, 1.82) is 0 Å². The van der Waals surface area contributed by atoms with Crippen LogP contribution >= 0.6 is 23.2 Å². The number of carbonyl (C=O) groups is 4. The lowest BCUT2D eigenvalue weighted by Crippen LogP contribution is -2.51. The number of halogens is 3. The second-order valence-corrected chi connectivity index (χ2v) is 12.3. The van der Waals surface area contributed by atoms with E-state index in [0.29, 0.717) is 9.33 Å². The van der Waals surface area contributed by atoms with Crippen LogP contribution in [-0.4, -0.2) is 72.0 Å². The minimum absolute atomic E-state index is 0.0505. The summed E-state index contributed by atoms with van der Waals surface area (Å²) in [7, 11) is -4.28. The number of urea groups is 1. The number of fused-ring (bicyclic) bond motifs is 1. The summed E-state index contributed by atoms with van der Waals surface area (Å²) in [5.74, 6) is -1.62. The molecule has 3 aromatic rings. The topological polar surface area (TPSA) is 155 Å². The van der Waals surface area contributed by atoms with Gasteiger partial charge < -0.3 is 10.1 Å². The molecule has 0 unspecified atom stereocenters. The zero-order valence-electron chi connectivity index (χ0n) is 23.1. The number of rotatable bonds is 11. The molecule has 4 rings (SSSR count). The van der Waals surface area contributed by atoms with E-state index < -0.39 is 52.4 Å². The van der Waals surface area contributed by atoms with Crippen molar-refractivity contribution >= 4 is 63.0 Å². The Hall–Kier alpha value is -4.27. The summed E-state index contributed by atoms with van der Waals surface area (Å²) in [6, 6.07) is 10.8. The van der Waals surface area contributed by atoms with E-state index in [9.17, 15) is 32.0 Å². The normalized spacial score (nSPS) is 13.3. The lowest BCUT2D eigenvalue weighted by atomic mass is 10.1. The average molecular weight is 667 g/mol. The molecule has 0 saturated heterocycles. The molecule has 0 aliphatic carbocycles. The van der Waals surface area contributed by atoms with Crippen LogP contribution in [0.15, 0.2) is 60.8 Å². The van der Waals surface area contributed by atoms with Crippen molar-refractivity contribution < 1.29 is 36.7 Å². The molecule has 0 saturated carbocycles. The summed E-state index contributed by atoms with van der Waals surface area (Å²) in [5, 5.41) is 4.86. The van der Waals surface area contributed by atoms with Gasteiger partial charge in [0, 0.05) is 19.3 Å². The number of imide groups is 1. The van der Waals surface area contributed by atoms with Crippen LogP contribution in [0.5, 0.6) is 0 Å². The fourth-order valence-corrected chi connectivity index (χ4v) is 5.86. The third-order valence-corrected chi connectivity index (χ3v) is 8.34. The lowest BCUT2D eigenvalue weighted by molar-refractivity contribution is 0.0646. The fraction of sp³-hybridized carbons (Fsp3) is 0.250. The monoisotopic (exact) mass is 665 g/mol. The number of amides is 5. The van der Waals surface area contributed by atoms with E-state index in [1.165, 1.54) is 42.6 Å². The number of aromatic nitrogens is 1. The molecule has 5 amide bonds. The van der Waals surface area contributed by atoms with Gasteiger partial charge in [-0.25, -0.2) is 31.7 Å². The third kappa shape index (κ3) is 7.81. The summed E-state index contributed by atoms with van der Waals surface area (Å²) in [6.45, 7) is -1.00. The highest BCUT2D eigenvalue weighted by Crippen LogP contribution is 2.24. The minimum atomic E-state index is -4.28. The number of nitrogens with zero attached hydrogens (tertiary/aromatic N) is 3. The Bertz CT molecular complexity index is 1660. The molecule has 12 nitrogen and oxygen atoms in total. The zero-order chi connectivity index (χ0) is 32.0. The van der Waals surface area contributed by atoms with E-state index in [1.807, 2.05) is 0 Å². The first kappa shape index (κ1) is 32.6.